The molecule has 0 radical (unpaired) electrons. The standard InChI is InChI=1S/C30H48O4/c1-17-10-13-30(25(33)34)15-14-28(6)19(23(30)18(17)2)8-9-22-27(5)16-20(31)24(32)26(3,4)21(27)11-12-29(22,28)7/h8,17-18,20-24,31-32H,9-16H2,1-7H3,(H,33,34)/t17-,18+,20-,21+,22+,23+,24-,27+,28-,29-,30+/m1/s1. The first-order valence-electron chi connectivity index (χ1n) is 14.0. The molecule has 3 N–H and O–H groups in total. The first-order valence-corrected chi connectivity index (χ1v) is 14.0. The number of aliphatic hydroxyl groups is 2. The number of carboxylic acid groups (broad SMARTS) is 1. The minimum absolute atomic E-state index is 0.00993. The van der Waals surface area contributed by atoms with Gasteiger partial charge in [0.25, 0.3) is 0 Å². The second kappa shape index (κ2) is 7.34. The molecule has 11 atom stereocenters. The smallest absolute Gasteiger partial charge is 0.310 e. The fourth-order valence-corrected chi connectivity index (χ4v) is 11.0. The third kappa shape index (κ3) is 2.76. The molecule has 0 aromatic rings. The average Bonchev–Trinajstić information content (AvgIpc) is 2.75. The summed E-state index contributed by atoms with van der Waals surface area (Å²) in [5, 5.41) is 32.4. The molecule has 0 aliphatic heterocycles. The van der Waals surface area contributed by atoms with Crippen molar-refractivity contribution in [2.45, 2.75) is 112 Å². The van der Waals surface area contributed by atoms with Crippen LogP contribution in [0, 0.1) is 56.7 Å². The first-order chi connectivity index (χ1) is 15.7. The predicted molar refractivity (Wildman–Crippen MR) is 134 cm³/mol. The number of fused-ring (bicyclic) bond motifs is 7. The second-order valence-electron chi connectivity index (χ2n) is 14.6. The summed E-state index contributed by atoms with van der Waals surface area (Å²) < 4.78 is 0. The summed E-state index contributed by atoms with van der Waals surface area (Å²) in [5.41, 5.74) is 0.574. The van der Waals surface area contributed by atoms with Crippen LogP contribution in [-0.4, -0.2) is 33.5 Å². The molecule has 4 heteroatoms. The fraction of sp³-hybridized carbons (Fsp3) is 0.900. The van der Waals surface area contributed by atoms with E-state index >= 15 is 0 Å². The van der Waals surface area contributed by atoms with Crippen molar-refractivity contribution in [2.24, 2.45) is 56.7 Å². The highest BCUT2D eigenvalue weighted by atomic mass is 16.4. The van der Waals surface area contributed by atoms with E-state index in [1.807, 2.05) is 0 Å². The lowest BCUT2D eigenvalue weighted by molar-refractivity contribution is -0.232. The SMILES string of the molecule is C[C@H]1[C@H](C)CC[C@]2(C(=O)O)CC[C@]3(C)C(=CC[C@H]4[C@@]5(C)C[C@@H](O)[C@@H](O)C(C)(C)[C@@H]5CC[C@]43C)[C@H]12. The van der Waals surface area contributed by atoms with Crippen molar-refractivity contribution in [3.8, 4) is 0 Å². The second-order valence-corrected chi connectivity index (χ2v) is 14.6. The highest BCUT2D eigenvalue weighted by Crippen LogP contribution is 2.75. The van der Waals surface area contributed by atoms with E-state index in [0.29, 0.717) is 30.1 Å². The van der Waals surface area contributed by atoms with Crippen molar-refractivity contribution in [3.05, 3.63) is 11.6 Å². The summed E-state index contributed by atoms with van der Waals surface area (Å²) in [4.78, 5) is 12.8. The quantitative estimate of drug-likeness (QED) is 0.405. The molecule has 5 rings (SSSR count). The minimum Gasteiger partial charge on any atom is -0.481 e. The van der Waals surface area contributed by atoms with Crippen molar-refractivity contribution in [3.63, 3.8) is 0 Å². The van der Waals surface area contributed by atoms with Crippen molar-refractivity contribution in [2.75, 3.05) is 0 Å². The number of aliphatic hydroxyl groups excluding tert-OH is 2. The van der Waals surface area contributed by atoms with Crippen molar-refractivity contribution < 1.29 is 20.1 Å². The van der Waals surface area contributed by atoms with Gasteiger partial charge in [-0.1, -0.05) is 60.1 Å². The molecular weight excluding hydrogens is 424 g/mol. The molecule has 34 heavy (non-hydrogen) atoms. The van der Waals surface area contributed by atoms with Gasteiger partial charge in [0.05, 0.1) is 17.6 Å². The van der Waals surface area contributed by atoms with Gasteiger partial charge < -0.3 is 15.3 Å². The van der Waals surface area contributed by atoms with Crippen LogP contribution in [0.25, 0.3) is 0 Å². The number of allylic oxidation sites excluding steroid dienone is 2. The zero-order valence-electron chi connectivity index (χ0n) is 22.5. The van der Waals surface area contributed by atoms with Gasteiger partial charge in [-0.2, -0.15) is 0 Å². The van der Waals surface area contributed by atoms with E-state index in [9.17, 15) is 20.1 Å². The normalized spacial score (nSPS) is 56.3. The molecule has 0 aromatic carbocycles. The van der Waals surface area contributed by atoms with Crippen molar-refractivity contribution in [1.82, 2.24) is 0 Å². The van der Waals surface area contributed by atoms with Crippen LogP contribution in [-0.2, 0) is 4.79 Å². The fourth-order valence-electron chi connectivity index (χ4n) is 11.0. The Morgan fingerprint density at radius 2 is 1.62 bits per heavy atom. The Hall–Kier alpha value is -0.870. The Labute approximate surface area is 206 Å². The molecule has 0 unspecified atom stereocenters. The van der Waals surface area contributed by atoms with E-state index in [2.05, 4.69) is 54.5 Å². The Morgan fingerprint density at radius 3 is 2.26 bits per heavy atom. The van der Waals surface area contributed by atoms with Crippen LogP contribution in [0.4, 0.5) is 0 Å². The van der Waals surface area contributed by atoms with Gasteiger partial charge in [-0.05, 0) is 103 Å². The molecule has 0 spiro atoms. The van der Waals surface area contributed by atoms with Gasteiger partial charge in [0.15, 0.2) is 0 Å². The van der Waals surface area contributed by atoms with Crippen LogP contribution in [0.1, 0.15) is 99.8 Å². The van der Waals surface area contributed by atoms with Crippen LogP contribution >= 0.6 is 0 Å². The van der Waals surface area contributed by atoms with Gasteiger partial charge in [0.1, 0.15) is 0 Å². The summed E-state index contributed by atoms with van der Waals surface area (Å²) in [7, 11) is 0. The number of aliphatic carboxylic acids is 1. The third-order valence-electron chi connectivity index (χ3n) is 13.4. The molecule has 4 nitrogen and oxygen atoms in total. The Balaban J connectivity index is 1.62. The maximum atomic E-state index is 12.8. The molecular formula is C30H48O4. The zero-order valence-corrected chi connectivity index (χ0v) is 22.5. The van der Waals surface area contributed by atoms with Crippen LogP contribution in [0.2, 0.25) is 0 Å². The lowest BCUT2D eigenvalue weighted by Gasteiger charge is -2.71. The monoisotopic (exact) mass is 472 g/mol. The van der Waals surface area contributed by atoms with E-state index in [4.69, 9.17) is 0 Å². The lowest BCUT2D eigenvalue weighted by atomic mass is 9.33. The maximum absolute atomic E-state index is 12.8. The number of carbonyl (C=O) groups is 1. The summed E-state index contributed by atoms with van der Waals surface area (Å²) in [6.07, 6.45) is 8.53. The highest BCUT2D eigenvalue weighted by molar-refractivity contribution is 5.76. The van der Waals surface area contributed by atoms with Gasteiger partial charge in [-0.3, -0.25) is 4.79 Å². The van der Waals surface area contributed by atoms with Crippen molar-refractivity contribution >= 4 is 5.97 Å². The van der Waals surface area contributed by atoms with Crippen LogP contribution in [0.15, 0.2) is 11.6 Å². The first kappa shape index (κ1) is 24.8. The number of hydrogen-bond donors (Lipinski definition) is 3. The topological polar surface area (TPSA) is 77.8 Å². The molecule has 5 aliphatic carbocycles. The van der Waals surface area contributed by atoms with E-state index in [0.717, 1.165) is 44.9 Å². The van der Waals surface area contributed by atoms with Gasteiger partial charge >= 0.3 is 5.97 Å². The van der Waals surface area contributed by atoms with Gasteiger partial charge in [-0.25, -0.2) is 0 Å². The van der Waals surface area contributed by atoms with Crippen LogP contribution in [0.5, 0.6) is 0 Å². The van der Waals surface area contributed by atoms with E-state index < -0.39 is 23.6 Å². The summed E-state index contributed by atoms with van der Waals surface area (Å²) in [6, 6.07) is 0. The summed E-state index contributed by atoms with van der Waals surface area (Å²) in [5.74, 6) is 1.30. The predicted octanol–water partition coefficient (Wildman–Crippen LogP) is 6.06. The number of hydrogen-bond acceptors (Lipinski definition) is 3. The Bertz CT molecular complexity index is 907. The molecule has 5 aliphatic rings. The highest BCUT2D eigenvalue weighted by Gasteiger charge is 2.70. The average molecular weight is 473 g/mol. The molecule has 0 aromatic heterocycles. The Kier molecular flexibility index (Phi) is 5.36. The van der Waals surface area contributed by atoms with Crippen molar-refractivity contribution in [1.29, 1.82) is 0 Å². The third-order valence-corrected chi connectivity index (χ3v) is 13.4. The summed E-state index contributed by atoms with van der Waals surface area (Å²) in [6.45, 7) is 16.3. The van der Waals surface area contributed by atoms with Gasteiger partial charge in [0, 0.05) is 0 Å². The van der Waals surface area contributed by atoms with Gasteiger partial charge in [0.2, 0.25) is 0 Å². The largest absolute Gasteiger partial charge is 0.481 e. The number of carboxylic acids is 1. The van der Waals surface area contributed by atoms with E-state index in [1.165, 1.54) is 5.57 Å². The van der Waals surface area contributed by atoms with E-state index in [1.54, 1.807) is 0 Å². The molecule has 4 saturated carbocycles. The summed E-state index contributed by atoms with van der Waals surface area (Å²) >= 11 is 0. The molecule has 4 fully saturated rings. The molecule has 0 heterocycles. The number of rotatable bonds is 1. The maximum Gasteiger partial charge on any atom is 0.310 e. The molecule has 0 saturated heterocycles. The van der Waals surface area contributed by atoms with Crippen LogP contribution < -0.4 is 0 Å². The van der Waals surface area contributed by atoms with Gasteiger partial charge in [-0.15, -0.1) is 0 Å². The molecule has 192 valence electrons. The molecule has 0 bridgehead atoms. The zero-order chi connectivity index (χ0) is 25.1. The van der Waals surface area contributed by atoms with Crippen LogP contribution in [0.3, 0.4) is 0 Å². The molecule has 0 amide bonds. The lowest BCUT2D eigenvalue weighted by Crippen LogP contribution is -2.67. The van der Waals surface area contributed by atoms with E-state index in [-0.39, 0.29) is 27.6 Å². The Morgan fingerprint density at radius 1 is 0.941 bits per heavy atom. The minimum atomic E-state index is -0.679.